The molecule has 1 aromatic rings. The molecule has 1 atom stereocenters. The van der Waals surface area contributed by atoms with Crippen LogP contribution in [0.4, 0.5) is 0 Å². The lowest BCUT2D eigenvalue weighted by Gasteiger charge is -2.31. The van der Waals surface area contributed by atoms with Crippen LogP contribution in [0.3, 0.4) is 0 Å². The van der Waals surface area contributed by atoms with Crippen molar-refractivity contribution >= 4 is 15.9 Å². The van der Waals surface area contributed by atoms with E-state index in [4.69, 9.17) is 5.11 Å². The van der Waals surface area contributed by atoms with Gasteiger partial charge in [0.2, 0.25) is 15.9 Å². The van der Waals surface area contributed by atoms with E-state index in [1.165, 1.54) is 16.3 Å². The van der Waals surface area contributed by atoms with Crippen molar-refractivity contribution in [2.45, 2.75) is 56.4 Å². The van der Waals surface area contributed by atoms with Gasteiger partial charge in [-0.05, 0) is 68.7 Å². The summed E-state index contributed by atoms with van der Waals surface area (Å²) in [5.41, 5.74) is 2.42. The number of carbonyl (C=O) groups excluding carboxylic acids is 1. The van der Waals surface area contributed by atoms with Gasteiger partial charge in [-0.25, -0.2) is 8.42 Å². The molecular formula is C19H28N2O4S. The number of aryl methyl sites for hydroxylation is 2. The summed E-state index contributed by atoms with van der Waals surface area (Å²) < 4.78 is 27.4. The standard InChI is InChI=1S/C19H28N2O4S/c1-14(13-22)20-19(23)16-8-10-21(11-9-16)26(24,25)18-7-6-15-4-2-3-5-17(15)12-18/h6-7,12,14,16,22H,2-5,8-11,13H2,1H3,(H,20,23). The number of rotatable bonds is 5. The second-order valence-corrected chi connectivity index (χ2v) is 9.35. The first-order valence-electron chi connectivity index (χ1n) is 9.45. The minimum atomic E-state index is -3.51. The summed E-state index contributed by atoms with van der Waals surface area (Å²) in [4.78, 5) is 12.5. The normalized spacial score (nSPS) is 20.4. The quantitative estimate of drug-likeness (QED) is 0.810. The Morgan fingerprint density at radius 1 is 1.23 bits per heavy atom. The van der Waals surface area contributed by atoms with Gasteiger partial charge in [0.15, 0.2) is 0 Å². The Hall–Kier alpha value is -1.44. The maximum Gasteiger partial charge on any atom is 0.243 e. The number of sulfonamides is 1. The molecule has 0 aromatic heterocycles. The van der Waals surface area contributed by atoms with E-state index >= 15 is 0 Å². The molecule has 0 radical (unpaired) electrons. The summed E-state index contributed by atoms with van der Waals surface area (Å²) in [5, 5.41) is 11.8. The minimum absolute atomic E-state index is 0.0996. The third-order valence-electron chi connectivity index (χ3n) is 5.44. The number of piperidine rings is 1. The average molecular weight is 381 g/mol. The van der Waals surface area contributed by atoms with Gasteiger partial charge in [-0.3, -0.25) is 4.79 Å². The summed E-state index contributed by atoms with van der Waals surface area (Å²) in [7, 11) is -3.51. The first-order chi connectivity index (χ1) is 12.4. The number of benzene rings is 1. The molecule has 7 heteroatoms. The first kappa shape index (κ1) is 19.3. The molecule has 1 amide bonds. The smallest absolute Gasteiger partial charge is 0.243 e. The summed E-state index contributed by atoms with van der Waals surface area (Å²) >= 11 is 0. The van der Waals surface area contributed by atoms with Crippen molar-refractivity contribution < 1.29 is 18.3 Å². The van der Waals surface area contributed by atoms with Crippen molar-refractivity contribution in [3.8, 4) is 0 Å². The fraction of sp³-hybridized carbons (Fsp3) is 0.632. The number of nitrogens with one attached hydrogen (secondary N) is 1. The molecule has 26 heavy (non-hydrogen) atoms. The van der Waals surface area contributed by atoms with E-state index < -0.39 is 10.0 Å². The third kappa shape index (κ3) is 4.10. The molecule has 1 saturated heterocycles. The van der Waals surface area contributed by atoms with Gasteiger partial charge in [-0.2, -0.15) is 4.31 Å². The Kier molecular flexibility index (Phi) is 5.99. The van der Waals surface area contributed by atoms with E-state index in [0.29, 0.717) is 30.8 Å². The molecule has 1 unspecified atom stereocenters. The number of aliphatic hydroxyl groups excluding tert-OH is 1. The van der Waals surface area contributed by atoms with Crippen LogP contribution in [0.5, 0.6) is 0 Å². The molecule has 1 aliphatic heterocycles. The highest BCUT2D eigenvalue weighted by molar-refractivity contribution is 7.89. The lowest BCUT2D eigenvalue weighted by molar-refractivity contribution is -0.127. The zero-order valence-electron chi connectivity index (χ0n) is 15.3. The number of hydrogen-bond donors (Lipinski definition) is 2. The zero-order chi connectivity index (χ0) is 18.7. The Morgan fingerprint density at radius 2 is 1.88 bits per heavy atom. The molecule has 2 aliphatic rings. The molecule has 1 fully saturated rings. The SMILES string of the molecule is CC(CO)NC(=O)C1CCN(S(=O)(=O)c2ccc3c(c2)CCCC3)CC1. The van der Waals surface area contributed by atoms with Gasteiger partial charge in [0.05, 0.1) is 11.5 Å². The van der Waals surface area contributed by atoms with Gasteiger partial charge in [0.25, 0.3) is 0 Å². The lowest BCUT2D eigenvalue weighted by atomic mass is 9.92. The lowest BCUT2D eigenvalue weighted by Crippen LogP contribution is -2.45. The number of nitrogens with zero attached hydrogens (tertiary/aromatic N) is 1. The molecule has 1 aliphatic carbocycles. The van der Waals surface area contributed by atoms with Crippen LogP contribution in [0.25, 0.3) is 0 Å². The van der Waals surface area contributed by atoms with Crippen LogP contribution in [0.2, 0.25) is 0 Å². The van der Waals surface area contributed by atoms with Crippen molar-refractivity contribution in [3.63, 3.8) is 0 Å². The molecule has 1 heterocycles. The average Bonchev–Trinajstić information content (AvgIpc) is 2.67. The van der Waals surface area contributed by atoms with Gasteiger partial charge in [0, 0.05) is 25.0 Å². The van der Waals surface area contributed by atoms with Gasteiger partial charge in [0.1, 0.15) is 0 Å². The van der Waals surface area contributed by atoms with Crippen LogP contribution < -0.4 is 5.32 Å². The van der Waals surface area contributed by atoms with Crippen molar-refractivity contribution in [1.29, 1.82) is 0 Å². The van der Waals surface area contributed by atoms with Crippen LogP contribution in [-0.2, 0) is 27.7 Å². The molecule has 0 saturated carbocycles. The zero-order valence-corrected chi connectivity index (χ0v) is 16.1. The maximum absolute atomic E-state index is 13.0. The second kappa shape index (κ2) is 8.06. The van der Waals surface area contributed by atoms with Crippen molar-refractivity contribution in [3.05, 3.63) is 29.3 Å². The van der Waals surface area contributed by atoms with E-state index in [2.05, 4.69) is 5.32 Å². The fourth-order valence-electron chi connectivity index (χ4n) is 3.78. The molecule has 6 nitrogen and oxygen atoms in total. The highest BCUT2D eigenvalue weighted by Crippen LogP contribution is 2.28. The molecular weight excluding hydrogens is 352 g/mol. The largest absolute Gasteiger partial charge is 0.394 e. The Morgan fingerprint density at radius 3 is 2.54 bits per heavy atom. The Labute approximate surface area is 155 Å². The van der Waals surface area contributed by atoms with Gasteiger partial charge >= 0.3 is 0 Å². The van der Waals surface area contributed by atoms with Crippen LogP contribution in [0, 0.1) is 5.92 Å². The summed E-state index contributed by atoms with van der Waals surface area (Å²) in [6.07, 6.45) is 5.28. The highest BCUT2D eigenvalue weighted by Gasteiger charge is 2.32. The maximum atomic E-state index is 13.0. The molecule has 3 rings (SSSR count). The molecule has 2 N–H and O–H groups in total. The van der Waals surface area contributed by atoms with Crippen molar-refractivity contribution in [2.75, 3.05) is 19.7 Å². The molecule has 144 valence electrons. The summed E-state index contributed by atoms with van der Waals surface area (Å²) in [5.74, 6) is -0.295. The van der Waals surface area contributed by atoms with Gasteiger partial charge in [-0.1, -0.05) is 6.07 Å². The van der Waals surface area contributed by atoms with Crippen molar-refractivity contribution in [2.24, 2.45) is 5.92 Å². The fourth-order valence-corrected chi connectivity index (χ4v) is 5.30. The summed E-state index contributed by atoms with van der Waals surface area (Å²) in [6, 6.07) is 5.24. The van der Waals surface area contributed by atoms with Gasteiger partial charge < -0.3 is 10.4 Å². The molecule has 0 bridgehead atoms. The Bertz CT molecular complexity index is 755. The van der Waals surface area contributed by atoms with E-state index in [0.717, 1.165) is 24.8 Å². The molecule has 1 aromatic carbocycles. The first-order valence-corrected chi connectivity index (χ1v) is 10.9. The minimum Gasteiger partial charge on any atom is -0.394 e. The number of aliphatic hydroxyl groups is 1. The van der Waals surface area contributed by atoms with Crippen molar-refractivity contribution in [1.82, 2.24) is 9.62 Å². The highest BCUT2D eigenvalue weighted by atomic mass is 32.2. The molecule has 0 spiro atoms. The van der Waals surface area contributed by atoms with Crippen LogP contribution in [0.1, 0.15) is 43.7 Å². The van der Waals surface area contributed by atoms with Crippen LogP contribution >= 0.6 is 0 Å². The number of fused-ring (bicyclic) bond motifs is 1. The van der Waals surface area contributed by atoms with E-state index in [-0.39, 0.29) is 24.5 Å². The van der Waals surface area contributed by atoms with E-state index in [9.17, 15) is 13.2 Å². The Balaban J connectivity index is 1.66. The number of carbonyl (C=O) groups is 1. The van der Waals surface area contributed by atoms with Crippen LogP contribution in [0.15, 0.2) is 23.1 Å². The summed E-state index contributed by atoms with van der Waals surface area (Å²) in [6.45, 7) is 2.35. The predicted octanol–water partition coefficient (Wildman–Crippen LogP) is 1.46. The van der Waals surface area contributed by atoms with E-state index in [1.807, 2.05) is 12.1 Å². The van der Waals surface area contributed by atoms with Crippen LogP contribution in [-0.4, -0.2) is 49.5 Å². The topological polar surface area (TPSA) is 86.7 Å². The number of hydrogen-bond acceptors (Lipinski definition) is 4. The monoisotopic (exact) mass is 380 g/mol. The van der Waals surface area contributed by atoms with E-state index in [1.54, 1.807) is 13.0 Å². The third-order valence-corrected chi connectivity index (χ3v) is 7.34. The van der Waals surface area contributed by atoms with Gasteiger partial charge in [-0.15, -0.1) is 0 Å². The predicted molar refractivity (Wildman–Crippen MR) is 99.3 cm³/mol. The number of amides is 1. The second-order valence-electron chi connectivity index (χ2n) is 7.41.